The highest BCUT2D eigenvalue weighted by Crippen LogP contribution is 2.11. The lowest BCUT2D eigenvalue weighted by Crippen LogP contribution is -2.18. The number of benzene rings is 1. The third kappa shape index (κ3) is 4.90. The minimum absolute atomic E-state index is 0.119. The topological polar surface area (TPSA) is 57.4 Å². The first kappa shape index (κ1) is 14.3. The number of hydrogen-bond acceptors (Lipinski definition) is 4. The Kier molecular flexibility index (Phi) is 5.38. The summed E-state index contributed by atoms with van der Waals surface area (Å²) in [7, 11) is 0. The van der Waals surface area contributed by atoms with Gasteiger partial charge in [-0.2, -0.15) is 0 Å². The molecule has 1 aromatic carbocycles. The molecule has 4 nitrogen and oxygen atoms in total. The number of aromatic nitrogens is 1. The fourth-order valence-electron chi connectivity index (χ4n) is 1.78. The fraction of sp³-hybridized carbons (Fsp3) is 0.312. The summed E-state index contributed by atoms with van der Waals surface area (Å²) in [5, 5.41) is 0. The van der Waals surface area contributed by atoms with Crippen LogP contribution in [0.4, 0.5) is 0 Å². The van der Waals surface area contributed by atoms with Crippen LogP contribution in [0.25, 0.3) is 0 Å². The molecule has 1 aromatic heterocycles. The van der Waals surface area contributed by atoms with E-state index in [1.54, 1.807) is 6.20 Å². The number of hydrogen-bond donors (Lipinski definition) is 1. The number of ether oxygens (including phenoxy) is 2. The summed E-state index contributed by atoms with van der Waals surface area (Å²) in [5.74, 6) is 1.59. The maximum absolute atomic E-state index is 5.73. The third-order valence-electron chi connectivity index (χ3n) is 2.69. The number of nitrogens with two attached hydrogens (primary N) is 1. The highest BCUT2D eigenvalue weighted by Gasteiger charge is 2.00. The van der Waals surface area contributed by atoms with Crippen LogP contribution in [0.1, 0.15) is 12.6 Å². The Morgan fingerprint density at radius 2 is 1.70 bits per heavy atom. The number of pyridine rings is 1. The Morgan fingerprint density at radius 1 is 1.00 bits per heavy atom. The molecule has 2 aromatic rings. The first-order valence-corrected chi connectivity index (χ1v) is 6.75. The molecule has 0 bridgehead atoms. The molecule has 0 aliphatic heterocycles. The molecule has 0 aliphatic rings. The van der Waals surface area contributed by atoms with Gasteiger partial charge >= 0.3 is 0 Å². The van der Waals surface area contributed by atoms with Crippen molar-refractivity contribution in [2.75, 3.05) is 13.2 Å². The highest BCUT2D eigenvalue weighted by molar-refractivity contribution is 5.21. The molecule has 0 radical (unpaired) electrons. The van der Waals surface area contributed by atoms with Gasteiger partial charge in [-0.1, -0.05) is 18.2 Å². The second-order valence-corrected chi connectivity index (χ2v) is 4.68. The van der Waals surface area contributed by atoms with Crippen LogP contribution >= 0.6 is 0 Å². The summed E-state index contributed by atoms with van der Waals surface area (Å²) < 4.78 is 11.1. The first-order chi connectivity index (χ1) is 9.74. The monoisotopic (exact) mass is 272 g/mol. The van der Waals surface area contributed by atoms with Crippen LogP contribution in [-0.4, -0.2) is 24.2 Å². The van der Waals surface area contributed by atoms with Crippen LogP contribution in [0.15, 0.2) is 48.7 Å². The van der Waals surface area contributed by atoms with E-state index in [2.05, 4.69) is 4.98 Å². The molecule has 0 amide bonds. The van der Waals surface area contributed by atoms with Gasteiger partial charge in [-0.25, -0.2) is 0 Å². The molecule has 20 heavy (non-hydrogen) atoms. The van der Waals surface area contributed by atoms with Crippen LogP contribution in [0, 0.1) is 0 Å². The molecular weight excluding hydrogens is 252 g/mol. The summed E-state index contributed by atoms with van der Waals surface area (Å²) >= 11 is 0. The summed E-state index contributed by atoms with van der Waals surface area (Å²) in [4.78, 5) is 4.31. The Balaban J connectivity index is 1.71. The van der Waals surface area contributed by atoms with Gasteiger partial charge < -0.3 is 15.2 Å². The molecule has 0 saturated heterocycles. The zero-order valence-corrected chi connectivity index (χ0v) is 11.7. The van der Waals surface area contributed by atoms with Gasteiger partial charge in [0.05, 0.1) is 6.20 Å². The normalized spacial score (nSPS) is 11.9. The lowest BCUT2D eigenvalue weighted by molar-refractivity contribution is 0.216. The van der Waals surface area contributed by atoms with Crippen molar-refractivity contribution in [1.29, 1.82) is 0 Å². The molecule has 1 atom stereocenters. The molecule has 1 heterocycles. The summed E-state index contributed by atoms with van der Waals surface area (Å²) in [6.07, 6.45) is 2.50. The average molecular weight is 272 g/mol. The molecule has 106 valence electrons. The van der Waals surface area contributed by atoms with Crippen LogP contribution in [-0.2, 0) is 6.42 Å². The van der Waals surface area contributed by atoms with Crippen molar-refractivity contribution in [2.24, 2.45) is 5.73 Å². The lowest BCUT2D eigenvalue weighted by Gasteiger charge is -2.09. The SMILES string of the molecule is CC(N)Cc1ccc(OCCOc2ccccc2)cn1. The van der Waals surface area contributed by atoms with Crippen molar-refractivity contribution in [2.45, 2.75) is 19.4 Å². The minimum atomic E-state index is 0.119. The van der Waals surface area contributed by atoms with Crippen molar-refractivity contribution in [3.05, 3.63) is 54.4 Å². The van der Waals surface area contributed by atoms with Gasteiger partial charge in [-0.3, -0.25) is 4.98 Å². The highest BCUT2D eigenvalue weighted by atomic mass is 16.5. The predicted molar refractivity (Wildman–Crippen MR) is 79.0 cm³/mol. The van der Waals surface area contributed by atoms with E-state index in [4.69, 9.17) is 15.2 Å². The van der Waals surface area contributed by atoms with Crippen LogP contribution < -0.4 is 15.2 Å². The average Bonchev–Trinajstić information content (AvgIpc) is 2.46. The largest absolute Gasteiger partial charge is 0.490 e. The van der Waals surface area contributed by atoms with Crippen LogP contribution in [0.3, 0.4) is 0 Å². The minimum Gasteiger partial charge on any atom is -0.490 e. The van der Waals surface area contributed by atoms with E-state index in [1.807, 2.05) is 49.4 Å². The van der Waals surface area contributed by atoms with Crippen LogP contribution in [0.2, 0.25) is 0 Å². The second kappa shape index (κ2) is 7.50. The van der Waals surface area contributed by atoms with Crippen molar-refractivity contribution in [3.63, 3.8) is 0 Å². The van der Waals surface area contributed by atoms with E-state index >= 15 is 0 Å². The summed E-state index contributed by atoms with van der Waals surface area (Å²) in [6.45, 7) is 2.96. The van der Waals surface area contributed by atoms with Gasteiger partial charge in [-0.05, 0) is 31.2 Å². The number of para-hydroxylation sites is 1. The summed E-state index contributed by atoms with van der Waals surface area (Å²) in [5.41, 5.74) is 6.71. The first-order valence-electron chi connectivity index (χ1n) is 6.75. The van der Waals surface area contributed by atoms with Crippen molar-refractivity contribution >= 4 is 0 Å². The molecule has 4 heteroatoms. The Hall–Kier alpha value is -2.07. The molecule has 0 aliphatic carbocycles. The van der Waals surface area contributed by atoms with E-state index in [0.29, 0.717) is 13.2 Å². The smallest absolute Gasteiger partial charge is 0.137 e. The predicted octanol–water partition coefficient (Wildman–Crippen LogP) is 2.43. The van der Waals surface area contributed by atoms with Crippen molar-refractivity contribution in [3.8, 4) is 11.5 Å². The van der Waals surface area contributed by atoms with Gasteiger partial charge in [-0.15, -0.1) is 0 Å². The van der Waals surface area contributed by atoms with E-state index in [0.717, 1.165) is 23.6 Å². The zero-order valence-electron chi connectivity index (χ0n) is 11.7. The maximum atomic E-state index is 5.73. The zero-order chi connectivity index (χ0) is 14.2. The van der Waals surface area contributed by atoms with Gasteiger partial charge in [0.1, 0.15) is 24.7 Å². The second-order valence-electron chi connectivity index (χ2n) is 4.68. The quantitative estimate of drug-likeness (QED) is 0.786. The van der Waals surface area contributed by atoms with Crippen molar-refractivity contribution in [1.82, 2.24) is 4.98 Å². The Morgan fingerprint density at radius 3 is 2.30 bits per heavy atom. The van der Waals surface area contributed by atoms with Gasteiger partial charge in [0.15, 0.2) is 0 Å². The maximum Gasteiger partial charge on any atom is 0.137 e. The van der Waals surface area contributed by atoms with Gasteiger partial charge in [0.25, 0.3) is 0 Å². The number of rotatable bonds is 7. The molecule has 2 N–H and O–H groups in total. The van der Waals surface area contributed by atoms with E-state index in [9.17, 15) is 0 Å². The van der Waals surface area contributed by atoms with Crippen LogP contribution in [0.5, 0.6) is 11.5 Å². The molecule has 0 saturated carbocycles. The lowest BCUT2D eigenvalue weighted by atomic mass is 10.2. The third-order valence-corrected chi connectivity index (χ3v) is 2.69. The molecule has 1 unspecified atom stereocenters. The Labute approximate surface area is 119 Å². The molecule has 0 spiro atoms. The molecule has 0 fully saturated rings. The fourth-order valence-corrected chi connectivity index (χ4v) is 1.78. The summed E-state index contributed by atoms with van der Waals surface area (Å²) in [6, 6.07) is 13.7. The van der Waals surface area contributed by atoms with E-state index < -0.39 is 0 Å². The standard InChI is InChI=1S/C16H20N2O2/c1-13(17)11-14-7-8-16(12-18-14)20-10-9-19-15-5-3-2-4-6-15/h2-8,12-13H,9-11,17H2,1H3. The van der Waals surface area contributed by atoms with Crippen molar-refractivity contribution < 1.29 is 9.47 Å². The molecular formula is C16H20N2O2. The van der Waals surface area contributed by atoms with E-state index in [1.165, 1.54) is 0 Å². The van der Waals surface area contributed by atoms with E-state index in [-0.39, 0.29) is 6.04 Å². The Bertz CT molecular complexity index is 498. The van der Waals surface area contributed by atoms with Gasteiger partial charge in [0.2, 0.25) is 0 Å². The number of nitrogens with zero attached hydrogens (tertiary/aromatic N) is 1. The van der Waals surface area contributed by atoms with Gasteiger partial charge in [0, 0.05) is 18.2 Å². The molecule has 2 rings (SSSR count).